The molecule has 0 aliphatic carbocycles. The number of carbonyl (C=O) groups excluding carboxylic acids is 1. The van der Waals surface area contributed by atoms with Crippen molar-refractivity contribution in [3.05, 3.63) is 64.1 Å². The Morgan fingerprint density at radius 1 is 1.04 bits per heavy atom. The van der Waals surface area contributed by atoms with Gasteiger partial charge in [-0.2, -0.15) is 5.26 Å². The van der Waals surface area contributed by atoms with Crippen LogP contribution in [0.3, 0.4) is 0 Å². The summed E-state index contributed by atoms with van der Waals surface area (Å²) < 4.78 is 0.921. The lowest BCUT2D eigenvalue weighted by atomic mass is 10.2. The minimum absolute atomic E-state index is 0.0938. The molecule has 0 N–H and O–H groups in total. The molecule has 2 aromatic carbocycles. The van der Waals surface area contributed by atoms with Crippen molar-refractivity contribution in [3.63, 3.8) is 0 Å². The van der Waals surface area contributed by atoms with Crippen LogP contribution in [0.1, 0.15) is 22.3 Å². The van der Waals surface area contributed by atoms with Gasteiger partial charge >= 0.3 is 0 Å². The fraction of sp³-hybridized carbons (Fsp3) is 0.263. The maximum atomic E-state index is 12.6. The lowest BCUT2D eigenvalue weighted by molar-refractivity contribution is 0.0767. The van der Waals surface area contributed by atoms with Crippen molar-refractivity contribution < 1.29 is 4.79 Å². The standard InChI is InChI=1S/C19H18BrN3O/c20-17-13-15(14-21)7-8-18(17)22-9-4-10-23(12-11-22)19(24)16-5-2-1-3-6-16/h1-3,5-8,13H,4,9-12H2. The Balaban J connectivity index is 1.72. The Hall–Kier alpha value is -2.32. The van der Waals surface area contributed by atoms with Gasteiger partial charge in [-0.05, 0) is 52.7 Å². The van der Waals surface area contributed by atoms with E-state index in [-0.39, 0.29) is 5.91 Å². The van der Waals surface area contributed by atoms with Crippen LogP contribution < -0.4 is 4.90 Å². The zero-order valence-corrected chi connectivity index (χ0v) is 14.9. The molecule has 3 rings (SSSR count). The summed E-state index contributed by atoms with van der Waals surface area (Å²) in [5.74, 6) is 0.0938. The zero-order valence-electron chi connectivity index (χ0n) is 13.3. The normalized spacial score (nSPS) is 14.8. The van der Waals surface area contributed by atoms with Gasteiger partial charge < -0.3 is 9.80 Å². The second-order valence-electron chi connectivity index (χ2n) is 5.78. The van der Waals surface area contributed by atoms with Crippen LogP contribution in [0.15, 0.2) is 53.0 Å². The maximum absolute atomic E-state index is 12.6. The van der Waals surface area contributed by atoms with E-state index in [4.69, 9.17) is 5.26 Å². The molecular formula is C19H18BrN3O. The molecule has 0 bridgehead atoms. The minimum Gasteiger partial charge on any atom is -0.369 e. The summed E-state index contributed by atoms with van der Waals surface area (Å²) in [4.78, 5) is 16.8. The number of halogens is 1. The highest BCUT2D eigenvalue weighted by molar-refractivity contribution is 9.10. The first-order chi connectivity index (χ1) is 11.7. The average molecular weight is 384 g/mol. The SMILES string of the molecule is N#Cc1ccc(N2CCCN(C(=O)c3ccccc3)CC2)c(Br)c1. The van der Waals surface area contributed by atoms with Gasteiger partial charge in [0, 0.05) is 36.2 Å². The van der Waals surface area contributed by atoms with Crippen LogP contribution in [0, 0.1) is 11.3 Å². The van der Waals surface area contributed by atoms with E-state index in [2.05, 4.69) is 26.9 Å². The van der Waals surface area contributed by atoms with E-state index < -0.39 is 0 Å². The van der Waals surface area contributed by atoms with Crippen molar-refractivity contribution in [1.29, 1.82) is 5.26 Å². The molecule has 4 nitrogen and oxygen atoms in total. The van der Waals surface area contributed by atoms with Gasteiger partial charge in [0.2, 0.25) is 0 Å². The fourth-order valence-electron chi connectivity index (χ4n) is 2.96. The number of nitrogens with zero attached hydrogens (tertiary/aromatic N) is 3. The van der Waals surface area contributed by atoms with Gasteiger partial charge in [-0.3, -0.25) is 4.79 Å². The van der Waals surface area contributed by atoms with E-state index in [0.717, 1.165) is 41.8 Å². The second-order valence-corrected chi connectivity index (χ2v) is 6.63. The average Bonchev–Trinajstić information content (AvgIpc) is 2.87. The topological polar surface area (TPSA) is 47.3 Å². The predicted molar refractivity (Wildman–Crippen MR) is 98.0 cm³/mol. The summed E-state index contributed by atoms with van der Waals surface area (Å²) >= 11 is 3.56. The molecule has 1 amide bonds. The Kier molecular flexibility index (Phi) is 5.17. The Morgan fingerprint density at radius 2 is 1.83 bits per heavy atom. The van der Waals surface area contributed by atoms with Crippen molar-refractivity contribution in [2.24, 2.45) is 0 Å². The van der Waals surface area contributed by atoms with E-state index in [9.17, 15) is 4.79 Å². The van der Waals surface area contributed by atoms with Crippen LogP contribution in [-0.4, -0.2) is 37.0 Å². The van der Waals surface area contributed by atoms with Crippen LogP contribution in [0.5, 0.6) is 0 Å². The lowest BCUT2D eigenvalue weighted by Crippen LogP contribution is -2.35. The minimum atomic E-state index is 0.0938. The van der Waals surface area contributed by atoms with Crippen molar-refractivity contribution >= 4 is 27.5 Å². The van der Waals surface area contributed by atoms with Crippen LogP contribution >= 0.6 is 15.9 Å². The molecule has 0 atom stereocenters. The molecule has 24 heavy (non-hydrogen) atoms. The van der Waals surface area contributed by atoms with Gasteiger partial charge in [-0.15, -0.1) is 0 Å². The number of nitriles is 1. The molecule has 1 saturated heterocycles. The lowest BCUT2D eigenvalue weighted by Gasteiger charge is -2.25. The first-order valence-corrected chi connectivity index (χ1v) is 8.77. The highest BCUT2D eigenvalue weighted by atomic mass is 79.9. The van der Waals surface area contributed by atoms with Gasteiger partial charge in [0.25, 0.3) is 5.91 Å². The maximum Gasteiger partial charge on any atom is 0.253 e. The van der Waals surface area contributed by atoms with Gasteiger partial charge in [0.05, 0.1) is 17.3 Å². The second kappa shape index (κ2) is 7.50. The number of hydrogen-bond acceptors (Lipinski definition) is 3. The van der Waals surface area contributed by atoms with Crippen molar-refractivity contribution in [1.82, 2.24) is 4.90 Å². The van der Waals surface area contributed by atoms with Crippen molar-refractivity contribution in [3.8, 4) is 6.07 Å². The molecule has 0 radical (unpaired) electrons. The zero-order chi connectivity index (χ0) is 16.9. The quantitative estimate of drug-likeness (QED) is 0.794. The third-order valence-electron chi connectivity index (χ3n) is 4.22. The number of carbonyl (C=O) groups is 1. The molecule has 0 aromatic heterocycles. The first-order valence-electron chi connectivity index (χ1n) is 7.98. The van der Waals surface area contributed by atoms with E-state index in [1.165, 1.54) is 0 Å². The molecule has 0 unspecified atom stereocenters. The van der Waals surface area contributed by atoms with Crippen LogP contribution in [-0.2, 0) is 0 Å². The first kappa shape index (κ1) is 16.5. The largest absolute Gasteiger partial charge is 0.369 e. The number of rotatable bonds is 2. The summed E-state index contributed by atoms with van der Waals surface area (Å²) in [5.41, 5.74) is 2.45. The third kappa shape index (κ3) is 3.60. The highest BCUT2D eigenvalue weighted by Gasteiger charge is 2.21. The van der Waals surface area contributed by atoms with E-state index in [1.807, 2.05) is 53.4 Å². The van der Waals surface area contributed by atoms with E-state index in [0.29, 0.717) is 12.1 Å². The van der Waals surface area contributed by atoms with Gasteiger partial charge in [0.1, 0.15) is 0 Å². The molecule has 0 spiro atoms. The number of hydrogen-bond donors (Lipinski definition) is 0. The Bertz CT molecular complexity index is 770. The van der Waals surface area contributed by atoms with E-state index >= 15 is 0 Å². The van der Waals surface area contributed by atoms with Crippen LogP contribution in [0.4, 0.5) is 5.69 Å². The molecule has 2 aromatic rings. The third-order valence-corrected chi connectivity index (χ3v) is 4.86. The molecular weight excluding hydrogens is 366 g/mol. The van der Waals surface area contributed by atoms with Gasteiger partial charge in [0.15, 0.2) is 0 Å². The molecule has 1 fully saturated rings. The van der Waals surface area contributed by atoms with Gasteiger partial charge in [-0.25, -0.2) is 0 Å². The summed E-state index contributed by atoms with van der Waals surface area (Å²) in [6.45, 7) is 3.13. The number of anilines is 1. The molecule has 122 valence electrons. The smallest absolute Gasteiger partial charge is 0.253 e. The van der Waals surface area contributed by atoms with Crippen LogP contribution in [0.25, 0.3) is 0 Å². The summed E-state index contributed by atoms with van der Waals surface area (Å²) in [6, 6.07) is 17.2. The van der Waals surface area contributed by atoms with E-state index in [1.54, 1.807) is 0 Å². The molecule has 5 heteroatoms. The van der Waals surface area contributed by atoms with Gasteiger partial charge in [-0.1, -0.05) is 18.2 Å². The predicted octanol–water partition coefficient (Wildman–Crippen LogP) is 3.67. The van der Waals surface area contributed by atoms with Crippen molar-refractivity contribution in [2.75, 3.05) is 31.1 Å². The Morgan fingerprint density at radius 3 is 2.54 bits per heavy atom. The fourth-order valence-corrected chi connectivity index (χ4v) is 3.59. The number of benzene rings is 2. The summed E-state index contributed by atoms with van der Waals surface area (Å²) in [6.07, 6.45) is 0.922. The van der Waals surface area contributed by atoms with Crippen LogP contribution in [0.2, 0.25) is 0 Å². The summed E-state index contributed by atoms with van der Waals surface area (Å²) in [7, 11) is 0. The molecule has 0 saturated carbocycles. The summed E-state index contributed by atoms with van der Waals surface area (Å²) in [5, 5.41) is 8.98. The molecule has 1 aliphatic rings. The molecule has 1 aliphatic heterocycles. The monoisotopic (exact) mass is 383 g/mol. The van der Waals surface area contributed by atoms with Crippen molar-refractivity contribution in [2.45, 2.75) is 6.42 Å². The Labute approximate surface area is 150 Å². The number of amides is 1. The molecule has 1 heterocycles. The highest BCUT2D eigenvalue weighted by Crippen LogP contribution is 2.28.